The molecule has 0 fully saturated rings. The van der Waals surface area contributed by atoms with Gasteiger partial charge in [-0.25, -0.2) is 8.78 Å². The molecule has 7 heteroatoms. The molecular formula is C18H21F2N3O2. The predicted molar refractivity (Wildman–Crippen MR) is 92.7 cm³/mol. The Bertz CT molecular complexity index is 766. The van der Waals surface area contributed by atoms with Crippen LogP contribution in [-0.4, -0.2) is 37.2 Å². The monoisotopic (exact) mass is 349 g/mol. The molecule has 0 aliphatic rings. The quantitative estimate of drug-likeness (QED) is 0.644. The second-order valence-electron chi connectivity index (χ2n) is 5.51. The van der Waals surface area contributed by atoms with Gasteiger partial charge in [-0.1, -0.05) is 12.1 Å². The highest BCUT2D eigenvalue weighted by atomic mass is 19.1. The number of guanidine groups is 1. The maximum absolute atomic E-state index is 13.8. The van der Waals surface area contributed by atoms with E-state index in [1.807, 2.05) is 11.9 Å². The number of phenolic OH excluding ortho intramolecular Hbond substituents is 1. The first-order valence-electron chi connectivity index (χ1n) is 7.66. The molecule has 0 aliphatic carbocycles. The third kappa shape index (κ3) is 4.82. The number of hydrogen-bond acceptors (Lipinski definition) is 3. The Kier molecular flexibility index (Phi) is 6.16. The fraction of sp³-hybridized carbons (Fsp3) is 0.278. The lowest BCUT2D eigenvalue weighted by atomic mass is 10.2. The van der Waals surface area contributed by atoms with Gasteiger partial charge in [-0.3, -0.25) is 4.99 Å². The molecular weight excluding hydrogens is 328 g/mol. The molecule has 134 valence electrons. The molecule has 0 amide bonds. The highest BCUT2D eigenvalue weighted by Crippen LogP contribution is 2.19. The average Bonchev–Trinajstić information content (AvgIpc) is 2.58. The van der Waals surface area contributed by atoms with Gasteiger partial charge in [-0.05, 0) is 35.4 Å². The minimum Gasteiger partial charge on any atom is -0.505 e. The van der Waals surface area contributed by atoms with Crippen molar-refractivity contribution in [2.45, 2.75) is 13.1 Å². The number of nitrogens with one attached hydrogen (secondary N) is 1. The molecule has 0 bridgehead atoms. The number of aromatic hydroxyl groups is 1. The van der Waals surface area contributed by atoms with Gasteiger partial charge in [0, 0.05) is 27.2 Å². The van der Waals surface area contributed by atoms with Crippen molar-refractivity contribution >= 4 is 5.96 Å². The van der Waals surface area contributed by atoms with E-state index < -0.39 is 11.6 Å². The molecule has 2 aromatic carbocycles. The largest absolute Gasteiger partial charge is 0.505 e. The van der Waals surface area contributed by atoms with Gasteiger partial charge >= 0.3 is 0 Å². The van der Waals surface area contributed by atoms with Crippen molar-refractivity contribution in [1.29, 1.82) is 0 Å². The SMILES string of the molecule is CN=C(NCc1ccc(O)c(F)c1)N(C)Cc1ccc(OC)c(F)c1. The van der Waals surface area contributed by atoms with Crippen molar-refractivity contribution in [3.63, 3.8) is 0 Å². The number of rotatable bonds is 5. The van der Waals surface area contributed by atoms with E-state index >= 15 is 0 Å². The summed E-state index contributed by atoms with van der Waals surface area (Å²) in [4.78, 5) is 5.98. The van der Waals surface area contributed by atoms with Crippen molar-refractivity contribution < 1.29 is 18.6 Å². The second kappa shape index (κ2) is 8.32. The first-order valence-corrected chi connectivity index (χ1v) is 7.66. The summed E-state index contributed by atoms with van der Waals surface area (Å²) in [6.45, 7) is 0.774. The Balaban J connectivity index is 1.99. The molecule has 0 saturated carbocycles. The van der Waals surface area contributed by atoms with Gasteiger partial charge in [0.1, 0.15) is 0 Å². The standard InChI is InChI=1S/C18H21F2N3O2/c1-21-18(22-10-12-4-6-16(24)14(19)8-12)23(2)11-13-5-7-17(25-3)15(20)9-13/h4-9,24H,10-11H2,1-3H3,(H,21,22). The lowest BCUT2D eigenvalue weighted by molar-refractivity contribution is 0.385. The van der Waals surface area contributed by atoms with Crippen molar-refractivity contribution in [2.75, 3.05) is 21.2 Å². The lowest BCUT2D eigenvalue weighted by Crippen LogP contribution is -2.38. The van der Waals surface area contributed by atoms with Gasteiger partial charge in [-0.2, -0.15) is 0 Å². The summed E-state index contributed by atoms with van der Waals surface area (Å²) >= 11 is 0. The first-order chi connectivity index (χ1) is 11.9. The maximum Gasteiger partial charge on any atom is 0.193 e. The number of benzene rings is 2. The zero-order chi connectivity index (χ0) is 18.4. The minimum absolute atomic E-state index is 0.197. The van der Waals surface area contributed by atoms with Crippen LogP contribution in [0.15, 0.2) is 41.4 Å². The molecule has 0 aliphatic heterocycles. The number of ether oxygens (including phenoxy) is 1. The molecule has 0 radical (unpaired) electrons. The normalized spacial score (nSPS) is 11.3. The third-order valence-corrected chi connectivity index (χ3v) is 3.67. The fourth-order valence-electron chi connectivity index (χ4n) is 2.38. The van der Waals surface area contributed by atoms with Crippen LogP contribution in [0.4, 0.5) is 8.78 Å². The molecule has 0 spiro atoms. The first kappa shape index (κ1) is 18.5. The predicted octanol–water partition coefficient (Wildman–Crippen LogP) is 2.89. The van der Waals surface area contributed by atoms with Gasteiger partial charge in [0.2, 0.25) is 0 Å². The molecule has 25 heavy (non-hydrogen) atoms. The van der Waals surface area contributed by atoms with Gasteiger partial charge in [0.25, 0.3) is 0 Å². The Morgan fingerprint density at radius 1 is 1.16 bits per heavy atom. The molecule has 0 aromatic heterocycles. The summed E-state index contributed by atoms with van der Waals surface area (Å²) in [5.41, 5.74) is 1.43. The number of nitrogens with zero attached hydrogens (tertiary/aromatic N) is 2. The second-order valence-corrected chi connectivity index (χ2v) is 5.51. The van der Waals surface area contributed by atoms with Crippen LogP contribution in [0.3, 0.4) is 0 Å². The van der Waals surface area contributed by atoms with Crippen LogP contribution in [-0.2, 0) is 13.1 Å². The number of hydrogen-bond donors (Lipinski definition) is 2. The highest BCUT2D eigenvalue weighted by Gasteiger charge is 2.10. The van der Waals surface area contributed by atoms with Crippen LogP contribution in [0, 0.1) is 11.6 Å². The zero-order valence-corrected chi connectivity index (χ0v) is 14.4. The van der Waals surface area contributed by atoms with Gasteiger partial charge in [0.05, 0.1) is 7.11 Å². The van der Waals surface area contributed by atoms with Gasteiger partial charge in [-0.15, -0.1) is 0 Å². The molecule has 0 heterocycles. The lowest BCUT2D eigenvalue weighted by Gasteiger charge is -2.22. The van der Waals surface area contributed by atoms with Crippen LogP contribution in [0.1, 0.15) is 11.1 Å². The van der Waals surface area contributed by atoms with E-state index in [1.165, 1.54) is 25.3 Å². The van der Waals surface area contributed by atoms with Gasteiger partial charge in [0.15, 0.2) is 29.1 Å². The summed E-state index contributed by atoms with van der Waals surface area (Å²) in [5, 5.41) is 12.3. The van der Waals surface area contributed by atoms with E-state index in [0.717, 1.165) is 5.56 Å². The van der Waals surface area contributed by atoms with E-state index in [-0.39, 0.29) is 11.5 Å². The minimum atomic E-state index is -0.670. The topological polar surface area (TPSA) is 57.1 Å². The smallest absolute Gasteiger partial charge is 0.193 e. The molecule has 0 unspecified atom stereocenters. The van der Waals surface area contributed by atoms with Crippen LogP contribution >= 0.6 is 0 Å². The Morgan fingerprint density at radius 2 is 1.84 bits per heavy atom. The van der Waals surface area contributed by atoms with Crippen molar-refractivity contribution in [3.8, 4) is 11.5 Å². The summed E-state index contributed by atoms with van der Waals surface area (Å²) in [7, 11) is 4.86. The molecule has 2 aromatic rings. The van der Waals surface area contributed by atoms with E-state index in [2.05, 4.69) is 10.3 Å². The summed E-state index contributed by atoms with van der Waals surface area (Å²) in [6.07, 6.45) is 0. The molecule has 0 saturated heterocycles. The number of methoxy groups -OCH3 is 1. The summed E-state index contributed by atoms with van der Waals surface area (Å²) in [5.74, 6) is -0.702. The Hall–Kier alpha value is -2.83. The van der Waals surface area contributed by atoms with E-state index in [1.54, 1.807) is 25.2 Å². The van der Waals surface area contributed by atoms with Crippen LogP contribution < -0.4 is 10.1 Å². The van der Waals surface area contributed by atoms with E-state index in [4.69, 9.17) is 4.74 Å². The fourth-order valence-corrected chi connectivity index (χ4v) is 2.38. The zero-order valence-electron chi connectivity index (χ0n) is 14.4. The van der Waals surface area contributed by atoms with Crippen molar-refractivity contribution in [2.24, 2.45) is 4.99 Å². The molecule has 2 N–H and O–H groups in total. The Labute approximate surface area is 145 Å². The Morgan fingerprint density at radius 3 is 2.44 bits per heavy atom. The van der Waals surface area contributed by atoms with Crippen LogP contribution in [0.25, 0.3) is 0 Å². The highest BCUT2D eigenvalue weighted by molar-refractivity contribution is 5.79. The van der Waals surface area contributed by atoms with Crippen LogP contribution in [0.2, 0.25) is 0 Å². The average molecular weight is 349 g/mol. The van der Waals surface area contributed by atoms with Crippen molar-refractivity contribution in [1.82, 2.24) is 10.2 Å². The number of halogens is 2. The van der Waals surface area contributed by atoms with Gasteiger partial charge < -0.3 is 20.1 Å². The molecule has 0 atom stereocenters. The molecule has 5 nitrogen and oxygen atoms in total. The summed E-state index contributed by atoms with van der Waals surface area (Å²) in [6, 6.07) is 8.96. The summed E-state index contributed by atoms with van der Waals surface area (Å²) < 4.78 is 32.1. The number of aliphatic imine (C=N–C) groups is 1. The molecule has 2 rings (SSSR count). The van der Waals surface area contributed by atoms with Crippen LogP contribution in [0.5, 0.6) is 11.5 Å². The van der Waals surface area contributed by atoms with E-state index in [9.17, 15) is 13.9 Å². The number of phenols is 1. The third-order valence-electron chi connectivity index (χ3n) is 3.67. The van der Waals surface area contributed by atoms with Crippen molar-refractivity contribution in [3.05, 3.63) is 59.2 Å². The maximum atomic E-state index is 13.8. The van der Waals surface area contributed by atoms with E-state index in [0.29, 0.717) is 24.6 Å².